The first kappa shape index (κ1) is 21.1. The second kappa shape index (κ2) is 8.67. The van der Waals surface area contributed by atoms with Gasteiger partial charge in [0.15, 0.2) is 0 Å². The summed E-state index contributed by atoms with van der Waals surface area (Å²) >= 11 is 0. The number of carbonyl (C=O) groups excluding carboxylic acids is 1. The second-order valence-corrected chi connectivity index (χ2v) is 8.82. The van der Waals surface area contributed by atoms with Crippen LogP contribution in [0.1, 0.15) is 47.2 Å². The topological polar surface area (TPSA) is 75.3 Å². The van der Waals surface area contributed by atoms with Crippen molar-refractivity contribution in [2.24, 2.45) is 0 Å². The highest BCUT2D eigenvalue weighted by atomic mass is 32.2. The molecule has 6 heteroatoms. The maximum Gasteiger partial charge on any atom is 0.240 e. The van der Waals surface area contributed by atoms with Crippen LogP contribution in [0.4, 0.5) is 0 Å². The predicted octanol–water partition coefficient (Wildman–Crippen LogP) is 3.33. The van der Waals surface area contributed by atoms with Crippen molar-refractivity contribution in [3.05, 3.63) is 64.2 Å². The molecule has 0 saturated carbocycles. The quantitative estimate of drug-likeness (QED) is 0.764. The summed E-state index contributed by atoms with van der Waals surface area (Å²) in [6.07, 6.45) is 0.913. The predicted molar refractivity (Wildman–Crippen MR) is 108 cm³/mol. The van der Waals surface area contributed by atoms with Crippen molar-refractivity contribution in [2.75, 3.05) is 7.05 Å². The summed E-state index contributed by atoms with van der Waals surface area (Å²) in [7, 11) is -2.05. The Labute approximate surface area is 162 Å². The van der Waals surface area contributed by atoms with E-state index in [4.69, 9.17) is 0 Å². The molecule has 0 aromatic heterocycles. The standard InChI is InChI=1S/C21H28N2O3S/c1-14-12-16(3)20(13-15(14)2)17(4)23-21(24)11-8-18-6-9-19(10-7-18)27(25,26)22-5/h6-7,9-10,12-13,17,22H,8,11H2,1-5H3,(H,23,24)/t17-/m0/s1. The fourth-order valence-corrected chi connectivity index (χ4v) is 3.78. The van der Waals surface area contributed by atoms with Crippen molar-refractivity contribution in [3.8, 4) is 0 Å². The maximum atomic E-state index is 12.3. The van der Waals surface area contributed by atoms with Crippen LogP contribution in [0.2, 0.25) is 0 Å². The number of amides is 1. The summed E-state index contributed by atoms with van der Waals surface area (Å²) in [5.41, 5.74) is 5.70. The molecule has 0 bridgehead atoms. The van der Waals surface area contributed by atoms with E-state index in [2.05, 4.69) is 42.9 Å². The summed E-state index contributed by atoms with van der Waals surface area (Å²) in [6, 6.07) is 10.8. The van der Waals surface area contributed by atoms with Crippen LogP contribution in [-0.4, -0.2) is 21.4 Å². The summed E-state index contributed by atoms with van der Waals surface area (Å²) in [4.78, 5) is 12.5. The summed E-state index contributed by atoms with van der Waals surface area (Å²) in [5, 5.41) is 3.05. The fraction of sp³-hybridized carbons (Fsp3) is 0.381. The maximum absolute atomic E-state index is 12.3. The minimum atomic E-state index is -3.43. The molecule has 2 aromatic carbocycles. The van der Waals surface area contributed by atoms with Gasteiger partial charge in [-0.25, -0.2) is 13.1 Å². The molecule has 0 unspecified atom stereocenters. The largest absolute Gasteiger partial charge is 0.350 e. The molecule has 0 radical (unpaired) electrons. The summed E-state index contributed by atoms with van der Waals surface area (Å²) < 4.78 is 25.7. The molecular formula is C21H28N2O3S. The Morgan fingerprint density at radius 2 is 1.59 bits per heavy atom. The van der Waals surface area contributed by atoms with Gasteiger partial charge in [0.2, 0.25) is 15.9 Å². The van der Waals surface area contributed by atoms with E-state index in [1.165, 1.54) is 23.7 Å². The van der Waals surface area contributed by atoms with E-state index >= 15 is 0 Å². The Kier molecular flexibility index (Phi) is 6.78. The van der Waals surface area contributed by atoms with Gasteiger partial charge in [0.1, 0.15) is 0 Å². The number of benzene rings is 2. The molecule has 1 atom stereocenters. The van der Waals surface area contributed by atoms with Gasteiger partial charge >= 0.3 is 0 Å². The Hall–Kier alpha value is -2.18. The molecule has 0 aliphatic carbocycles. The van der Waals surface area contributed by atoms with Gasteiger partial charge in [-0.1, -0.05) is 24.3 Å². The molecular weight excluding hydrogens is 360 g/mol. The van der Waals surface area contributed by atoms with Crippen LogP contribution in [0.25, 0.3) is 0 Å². The zero-order valence-electron chi connectivity index (χ0n) is 16.6. The summed E-state index contributed by atoms with van der Waals surface area (Å²) in [5.74, 6) is -0.0212. The average molecular weight is 389 g/mol. The average Bonchev–Trinajstić information content (AvgIpc) is 2.63. The SMILES string of the molecule is CNS(=O)(=O)c1ccc(CCC(=O)N[C@@H](C)c2cc(C)c(C)cc2C)cc1. The van der Waals surface area contributed by atoms with E-state index < -0.39 is 10.0 Å². The molecule has 0 aliphatic rings. The van der Waals surface area contributed by atoms with E-state index in [1.54, 1.807) is 24.3 Å². The van der Waals surface area contributed by atoms with Gasteiger partial charge in [0.05, 0.1) is 10.9 Å². The van der Waals surface area contributed by atoms with Gasteiger partial charge in [-0.15, -0.1) is 0 Å². The van der Waals surface area contributed by atoms with Gasteiger partial charge in [-0.2, -0.15) is 0 Å². The molecule has 146 valence electrons. The van der Waals surface area contributed by atoms with E-state index in [9.17, 15) is 13.2 Å². The molecule has 5 nitrogen and oxygen atoms in total. The zero-order chi connectivity index (χ0) is 20.2. The first-order chi connectivity index (χ1) is 12.6. The van der Waals surface area contributed by atoms with E-state index in [-0.39, 0.29) is 16.8 Å². The lowest BCUT2D eigenvalue weighted by Crippen LogP contribution is -2.27. The van der Waals surface area contributed by atoms with E-state index in [0.29, 0.717) is 12.8 Å². The number of hydrogen-bond donors (Lipinski definition) is 2. The number of aryl methyl sites for hydroxylation is 4. The lowest BCUT2D eigenvalue weighted by Gasteiger charge is -2.18. The highest BCUT2D eigenvalue weighted by molar-refractivity contribution is 7.89. The number of rotatable bonds is 7. The van der Waals surface area contributed by atoms with E-state index in [0.717, 1.165) is 11.1 Å². The smallest absolute Gasteiger partial charge is 0.240 e. The molecule has 27 heavy (non-hydrogen) atoms. The van der Waals surface area contributed by atoms with Gasteiger partial charge in [0.25, 0.3) is 0 Å². The van der Waals surface area contributed by atoms with Crippen LogP contribution < -0.4 is 10.0 Å². The summed E-state index contributed by atoms with van der Waals surface area (Å²) in [6.45, 7) is 8.21. The van der Waals surface area contributed by atoms with Crippen LogP contribution in [0.5, 0.6) is 0 Å². The van der Waals surface area contributed by atoms with Crippen LogP contribution in [0, 0.1) is 20.8 Å². The number of sulfonamides is 1. The van der Waals surface area contributed by atoms with Gasteiger partial charge in [0, 0.05) is 6.42 Å². The second-order valence-electron chi connectivity index (χ2n) is 6.93. The van der Waals surface area contributed by atoms with Crippen molar-refractivity contribution < 1.29 is 13.2 Å². The minimum Gasteiger partial charge on any atom is -0.350 e. The lowest BCUT2D eigenvalue weighted by molar-refractivity contribution is -0.121. The van der Waals surface area contributed by atoms with Gasteiger partial charge < -0.3 is 5.32 Å². The molecule has 0 aliphatic heterocycles. The first-order valence-electron chi connectivity index (χ1n) is 9.03. The monoisotopic (exact) mass is 388 g/mol. The van der Waals surface area contributed by atoms with Crippen molar-refractivity contribution in [3.63, 3.8) is 0 Å². The number of hydrogen-bond acceptors (Lipinski definition) is 3. The number of carbonyl (C=O) groups is 1. The first-order valence-corrected chi connectivity index (χ1v) is 10.5. The Morgan fingerprint density at radius 1 is 1.00 bits per heavy atom. The van der Waals surface area contributed by atoms with Crippen LogP contribution in [0.3, 0.4) is 0 Å². The molecule has 1 amide bonds. The fourth-order valence-electron chi connectivity index (χ4n) is 3.05. The van der Waals surface area contributed by atoms with Crippen molar-refractivity contribution in [1.29, 1.82) is 0 Å². The van der Waals surface area contributed by atoms with Gasteiger partial charge in [-0.05, 0) is 81.1 Å². The van der Waals surface area contributed by atoms with Crippen molar-refractivity contribution >= 4 is 15.9 Å². The Balaban J connectivity index is 1.95. The van der Waals surface area contributed by atoms with Crippen LogP contribution in [-0.2, 0) is 21.2 Å². The Morgan fingerprint density at radius 3 is 2.19 bits per heavy atom. The molecule has 0 fully saturated rings. The third kappa shape index (κ3) is 5.40. The van der Waals surface area contributed by atoms with Crippen LogP contribution >= 0.6 is 0 Å². The normalized spacial score (nSPS) is 12.6. The van der Waals surface area contributed by atoms with Gasteiger partial charge in [-0.3, -0.25) is 4.79 Å². The van der Waals surface area contributed by atoms with Crippen molar-refractivity contribution in [1.82, 2.24) is 10.0 Å². The number of nitrogens with one attached hydrogen (secondary N) is 2. The highest BCUT2D eigenvalue weighted by Gasteiger charge is 2.14. The van der Waals surface area contributed by atoms with Crippen LogP contribution in [0.15, 0.2) is 41.3 Å². The molecule has 0 heterocycles. The molecule has 2 aromatic rings. The lowest BCUT2D eigenvalue weighted by atomic mass is 9.96. The molecule has 2 N–H and O–H groups in total. The third-order valence-electron chi connectivity index (χ3n) is 4.87. The zero-order valence-corrected chi connectivity index (χ0v) is 17.4. The molecule has 2 rings (SSSR count). The molecule has 0 saturated heterocycles. The minimum absolute atomic E-state index is 0.0212. The van der Waals surface area contributed by atoms with E-state index in [1.807, 2.05) is 6.92 Å². The van der Waals surface area contributed by atoms with Crippen molar-refractivity contribution in [2.45, 2.75) is 51.5 Å². The third-order valence-corrected chi connectivity index (χ3v) is 6.30. The molecule has 0 spiro atoms. The Bertz CT molecular complexity index is 919. The highest BCUT2D eigenvalue weighted by Crippen LogP contribution is 2.22.